The summed E-state index contributed by atoms with van der Waals surface area (Å²) < 4.78 is 0. The van der Waals surface area contributed by atoms with Crippen molar-refractivity contribution in [2.45, 2.75) is 106 Å². The van der Waals surface area contributed by atoms with Crippen LogP contribution in [0.5, 0.6) is 0 Å². The van der Waals surface area contributed by atoms with E-state index in [-0.39, 0.29) is 0 Å². The van der Waals surface area contributed by atoms with Crippen molar-refractivity contribution < 1.29 is 10.2 Å². The number of aliphatic hydroxyl groups is 2. The molecule has 0 aliphatic heterocycles. The number of hydrogen-bond acceptors (Lipinski definition) is 2. The Morgan fingerprint density at radius 2 is 1.03 bits per heavy atom. The van der Waals surface area contributed by atoms with Gasteiger partial charge in [-0.05, 0) is 96.7 Å². The fraction of sp³-hybridized carbons (Fsp3) is 1.00. The predicted octanol–water partition coefficient (Wildman–Crippen LogP) is 6.93. The van der Waals surface area contributed by atoms with Gasteiger partial charge in [-0.1, -0.05) is 67.2 Å². The zero-order chi connectivity index (χ0) is 22.1. The zero-order valence-corrected chi connectivity index (χ0v) is 21.0. The SMILES string of the molecule is C[C@@H](CO)C1CCC2[C@@H](C)CCC[C@]12C.C[C@H](CO)C1CCC2[C@@H](C)CCC[C@]12C. The van der Waals surface area contributed by atoms with Crippen LogP contribution in [0, 0.1) is 58.2 Å². The van der Waals surface area contributed by atoms with E-state index in [2.05, 4.69) is 41.5 Å². The third-order valence-electron chi connectivity index (χ3n) is 11.0. The third-order valence-corrected chi connectivity index (χ3v) is 11.0. The van der Waals surface area contributed by atoms with Gasteiger partial charge >= 0.3 is 0 Å². The molecule has 0 saturated heterocycles. The standard InChI is InChI=1S/2C14H26O/c2*1-10-5-4-8-14(3)12(10)6-7-13(14)11(2)9-15/h2*10-13,15H,4-9H2,1-3H3/t10-,11+,12?,13?,14-;10-,11-,12?,13?,14-/m00/s1. The van der Waals surface area contributed by atoms with Crippen molar-refractivity contribution in [1.29, 1.82) is 0 Å². The molecule has 176 valence electrons. The van der Waals surface area contributed by atoms with Gasteiger partial charge in [0.25, 0.3) is 0 Å². The number of rotatable bonds is 4. The maximum absolute atomic E-state index is 9.37. The maximum Gasteiger partial charge on any atom is 0.0459 e. The van der Waals surface area contributed by atoms with E-state index in [1.165, 1.54) is 64.2 Å². The number of hydrogen-bond donors (Lipinski definition) is 2. The van der Waals surface area contributed by atoms with Crippen molar-refractivity contribution in [2.75, 3.05) is 13.2 Å². The molecule has 4 aliphatic rings. The van der Waals surface area contributed by atoms with Gasteiger partial charge in [0.05, 0.1) is 0 Å². The summed E-state index contributed by atoms with van der Waals surface area (Å²) in [5.74, 6) is 6.26. The monoisotopic (exact) mass is 420 g/mol. The van der Waals surface area contributed by atoms with Crippen LogP contribution in [0.25, 0.3) is 0 Å². The Bertz CT molecular complexity index is 499. The molecule has 4 unspecified atom stereocenters. The molecule has 4 rings (SSSR count). The van der Waals surface area contributed by atoms with Gasteiger partial charge < -0.3 is 10.2 Å². The van der Waals surface area contributed by atoms with Crippen molar-refractivity contribution in [3.8, 4) is 0 Å². The van der Waals surface area contributed by atoms with E-state index in [1.807, 2.05) is 0 Å². The van der Waals surface area contributed by atoms with E-state index >= 15 is 0 Å². The van der Waals surface area contributed by atoms with Crippen molar-refractivity contribution in [1.82, 2.24) is 0 Å². The molecule has 2 N–H and O–H groups in total. The van der Waals surface area contributed by atoms with Crippen LogP contribution < -0.4 is 0 Å². The van der Waals surface area contributed by atoms with E-state index in [0.29, 0.717) is 35.9 Å². The van der Waals surface area contributed by atoms with Gasteiger partial charge in [-0.15, -0.1) is 0 Å². The number of fused-ring (bicyclic) bond motifs is 2. The summed E-state index contributed by atoms with van der Waals surface area (Å²) in [7, 11) is 0. The Balaban J connectivity index is 0.000000171. The molecule has 0 amide bonds. The lowest BCUT2D eigenvalue weighted by Gasteiger charge is -2.45. The van der Waals surface area contributed by atoms with Gasteiger partial charge in [0.1, 0.15) is 0 Å². The normalized spacial score (nSPS) is 47.6. The molecule has 4 saturated carbocycles. The summed E-state index contributed by atoms with van der Waals surface area (Å²) in [5, 5.41) is 18.7. The molecule has 0 radical (unpaired) electrons. The zero-order valence-electron chi connectivity index (χ0n) is 21.0. The lowest BCUT2D eigenvalue weighted by Crippen LogP contribution is -2.38. The van der Waals surface area contributed by atoms with Gasteiger partial charge in [-0.3, -0.25) is 0 Å². The fourth-order valence-electron chi connectivity index (χ4n) is 9.33. The van der Waals surface area contributed by atoms with E-state index in [0.717, 1.165) is 35.5 Å². The molecule has 0 aromatic heterocycles. The van der Waals surface area contributed by atoms with Crippen molar-refractivity contribution in [3.63, 3.8) is 0 Å². The summed E-state index contributed by atoms with van der Waals surface area (Å²) in [6, 6.07) is 0. The summed E-state index contributed by atoms with van der Waals surface area (Å²) in [6.45, 7) is 15.1. The summed E-state index contributed by atoms with van der Waals surface area (Å²) >= 11 is 0. The van der Waals surface area contributed by atoms with Crippen LogP contribution in [0.1, 0.15) is 106 Å². The van der Waals surface area contributed by atoms with Gasteiger partial charge in [-0.25, -0.2) is 0 Å². The first kappa shape index (κ1) is 24.6. The Labute approximate surface area is 187 Å². The summed E-state index contributed by atoms with van der Waals surface area (Å²) in [5.41, 5.74) is 1.08. The summed E-state index contributed by atoms with van der Waals surface area (Å²) in [4.78, 5) is 0. The van der Waals surface area contributed by atoms with Gasteiger partial charge in [0.15, 0.2) is 0 Å². The highest BCUT2D eigenvalue weighted by molar-refractivity contribution is 5.01. The molecule has 0 aromatic rings. The average Bonchev–Trinajstić information content (AvgIpc) is 3.26. The molecule has 0 spiro atoms. The molecule has 10 atom stereocenters. The maximum atomic E-state index is 9.37. The molecule has 0 bridgehead atoms. The minimum Gasteiger partial charge on any atom is -0.396 e. The van der Waals surface area contributed by atoms with E-state index < -0.39 is 0 Å². The number of aliphatic hydroxyl groups excluding tert-OH is 2. The Morgan fingerprint density at radius 1 is 0.667 bits per heavy atom. The second-order valence-corrected chi connectivity index (χ2v) is 12.7. The largest absolute Gasteiger partial charge is 0.396 e. The average molecular weight is 421 g/mol. The molecular formula is C28H52O2. The molecular weight excluding hydrogens is 368 g/mol. The van der Waals surface area contributed by atoms with E-state index in [4.69, 9.17) is 0 Å². The van der Waals surface area contributed by atoms with Crippen molar-refractivity contribution >= 4 is 0 Å². The Morgan fingerprint density at radius 3 is 1.37 bits per heavy atom. The molecule has 4 fully saturated rings. The smallest absolute Gasteiger partial charge is 0.0459 e. The van der Waals surface area contributed by atoms with Gasteiger partial charge in [-0.2, -0.15) is 0 Å². The van der Waals surface area contributed by atoms with Crippen LogP contribution >= 0.6 is 0 Å². The van der Waals surface area contributed by atoms with Crippen LogP contribution in [0.2, 0.25) is 0 Å². The molecule has 0 aromatic carbocycles. The van der Waals surface area contributed by atoms with Crippen molar-refractivity contribution in [3.05, 3.63) is 0 Å². The van der Waals surface area contributed by atoms with Crippen LogP contribution in [-0.2, 0) is 0 Å². The van der Waals surface area contributed by atoms with Gasteiger partial charge in [0.2, 0.25) is 0 Å². The second kappa shape index (κ2) is 9.82. The predicted molar refractivity (Wildman–Crippen MR) is 127 cm³/mol. The van der Waals surface area contributed by atoms with Crippen molar-refractivity contribution in [2.24, 2.45) is 58.2 Å². The Kier molecular flexibility index (Phi) is 8.04. The first-order valence-corrected chi connectivity index (χ1v) is 13.4. The lowest BCUT2D eigenvalue weighted by atomic mass is 9.60. The molecule has 4 aliphatic carbocycles. The molecule has 0 heterocycles. The second-order valence-electron chi connectivity index (χ2n) is 12.7. The van der Waals surface area contributed by atoms with Crippen LogP contribution in [0.3, 0.4) is 0 Å². The van der Waals surface area contributed by atoms with Crippen LogP contribution in [-0.4, -0.2) is 23.4 Å². The van der Waals surface area contributed by atoms with Crippen LogP contribution in [0.15, 0.2) is 0 Å². The molecule has 2 heteroatoms. The highest BCUT2D eigenvalue weighted by Gasteiger charge is 2.52. The minimum absolute atomic E-state index is 0.376. The highest BCUT2D eigenvalue weighted by Crippen LogP contribution is 2.60. The quantitative estimate of drug-likeness (QED) is 0.517. The van der Waals surface area contributed by atoms with Gasteiger partial charge in [0, 0.05) is 13.2 Å². The van der Waals surface area contributed by atoms with E-state index in [1.54, 1.807) is 0 Å². The lowest BCUT2D eigenvalue weighted by molar-refractivity contribution is 0.0229. The summed E-state index contributed by atoms with van der Waals surface area (Å²) in [6.07, 6.45) is 14.0. The minimum atomic E-state index is 0.376. The molecule has 30 heavy (non-hydrogen) atoms. The first-order valence-electron chi connectivity index (χ1n) is 13.4. The third kappa shape index (κ3) is 4.39. The van der Waals surface area contributed by atoms with E-state index in [9.17, 15) is 10.2 Å². The molecule has 2 nitrogen and oxygen atoms in total. The highest BCUT2D eigenvalue weighted by atomic mass is 16.3. The van der Waals surface area contributed by atoms with Crippen LogP contribution in [0.4, 0.5) is 0 Å². The first-order chi connectivity index (χ1) is 14.2. The Hall–Kier alpha value is -0.0800. The topological polar surface area (TPSA) is 40.5 Å². The fourth-order valence-corrected chi connectivity index (χ4v) is 9.33.